The molecular weight excluding hydrogens is 338 g/mol. The van der Waals surface area contributed by atoms with Crippen LogP contribution in [0.1, 0.15) is 33.7 Å². The van der Waals surface area contributed by atoms with Crippen molar-refractivity contribution < 1.29 is 23.5 Å². The molecule has 0 bridgehead atoms. The summed E-state index contributed by atoms with van der Waals surface area (Å²) in [7, 11) is 1.97. The van der Waals surface area contributed by atoms with Gasteiger partial charge < -0.3 is 18.7 Å². The fourth-order valence-corrected chi connectivity index (χ4v) is 2.42. The van der Waals surface area contributed by atoms with Crippen LogP contribution in [-0.2, 0) is 19.7 Å². The molecule has 2 heterocycles. The van der Waals surface area contributed by atoms with Gasteiger partial charge in [0.05, 0.1) is 6.54 Å². The molecule has 0 amide bonds. The van der Waals surface area contributed by atoms with Crippen LogP contribution in [0, 0.1) is 6.92 Å². The number of benzene rings is 1. The number of hydrogen-bond acceptors (Lipinski definition) is 7. The van der Waals surface area contributed by atoms with Crippen molar-refractivity contribution in [1.82, 2.24) is 15.1 Å². The molecule has 1 aromatic carbocycles. The van der Waals surface area contributed by atoms with Crippen molar-refractivity contribution in [3.05, 3.63) is 65.3 Å². The van der Waals surface area contributed by atoms with E-state index < -0.39 is 5.97 Å². The summed E-state index contributed by atoms with van der Waals surface area (Å²) in [4.78, 5) is 12.8. The molecule has 0 aliphatic rings. The van der Waals surface area contributed by atoms with Crippen LogP contribution in [0.15, 0.2) is 45.2 Å². The van der Waals surface area contributed by atoms with Gasteiger partial charge in [0.1, 0.15) is 18.1 Å². The molecule has 0 aliphatic carbocycles. The summed E-state index contributed by atoms with van der Waals surface area (Å²) in [6, 6.07) is 10.7. The lowest BCUT2D eigenvalue weighted by molar-refractivity contribution is 0.0658. The molecule has 136 valence electrons. The van der Waals surface area contributed by atoms with Crippen LogP contribution in [0.5, 0.6) is 5.75 Å². The predicted molar refractivity (Wildman–Crippen MR) is 90.6 cm³/mol. The Morgan fingerprint density at radius 3 is 2.50 bits per heavy atom. The molecule has 26 heavy (non-hydrogen) atoms. The van der Waals surface area contributed by atoms with Gasteiger partial charge in [0.25, 0.3) is 0 Å². The average Bonchev–Trinajstić information content (AvgIpc) is 3.23. The van der Waals surface area contributed by atoms with Crippen molar-refractivity contribution in [3.63, 3.8) is 0 Å². The maximum atomic E-state index is 10.8. The zero-order chi connectivity index (χ0) is 18.5. The van der Waals surface area contributed by atoms with E-state index in [1.165, 1.54) is 6.07 Å². The summed E-state index contributed by atoms with van der Waals surface area (Å²) in [5.41, 5.74) is 1.11. The van der Waals surface area contributed by atoms with E-state index in [0.717, 1.165) is 12.1 Å². The minimum atomic E-state index is -1.10. The predicted octanol–water partition coefficient (Wildman–Crippen LogP) is 2.88. The van der Waals surface area contributed by atoms with E-state index in [2.05, 4.69) is 15.1 Å². The molecule has 0 aliphatic heterocycles. The van der Waals surface area contributed by atoms with E-state index >= 15 is 0 Å². The van der Waals surface area contributed by atoms with Gasteiger partial charge in [-0.25, -0.2) is 4.79 Å². The maximum absolute atomic E-state index is 10.8. The molecule has 0 radical (unpaired) electrons. The van der Waals surface area contributed by atoms with Gasteiger partial charge in [0, 0.05) is 13.5 Å². The van der Waals surface area contributed by atoms with Crippen molar-refractivity contribution >= 4 is 5.97 Å². The van der Waals surface area contributed by atoms with E-state index in [1.54, 1.807) is 13.0 Å². The molecule has 0 saturated carbocycles. The molecule has 0 saturated heterocycles. The number of aryl methyl sites for hydroxylation is 1. The molecule has 0 spiro atoms. The van der Waals surface area contributed by atoms with Gasteiger partial charge in [-0.1, -0.05) is 12.1 Å². The van der Waals surface area contributed by atoms with Crippen LogP contribution in [0.4, 0.5) is 0 Å². The highest BCUT2D eigenvalue weighted by molar-refractivity contribution is 5.84. The van der Waals surface area contributed by atoms with Gasteiger partial charge in [-0.3, -0.25) is 4.90 Å². The lowest BCUT2D eigenvalue weighted by Crippen LogP contribution is -2.17. The monoisotopic (exact) mass is 357 g/mol. The SMILES string of the molecule is Cc1nnc(CN(C)Cc2ccc(OCc3ccc(C(=O)O)o3)cc2)o1. The minimum Gasteiger partial charge on any atom is -0.486 e. The Morgan fingerprint density at radius 1 is 1.12 bits per heavy atom. The molecule has 0 unspecified atom stereocenters. The third kappa shape index (κ3) is 4.70. The second-order valence-corrected chi connectivity index (χ2v) is 5.89. The van der Waals surface area contributed by atoms with Crippen LogP contribution >= 0.6 is 0 Å². The van der Waals surface area contributed by atoms with Crippen LogP contribution in [-0.4, -0.2) is 33.2 Å². The maximum Gasteiger partial charge on any atom is 0.371 e. The van der Waals surface area contributed by atoms with Crippen LogP contribution < -0.4 is 4.74 Å². The van der Waals surface area contributed by atoms with E-state index in [4.69, 9.17) is 18.7 Å². The number of furan rings is 1. The van der Waals surface area contributed by atoms with Gasteiger partial charge in [-0.05, 0) is 36.9 Å². The van der Waals surface area contributed by atoms with E-state index in [9.17, 15) is 4.79 Å². The number of hydrogen-bond donors (Lipinski definition) is 1. The lowest BCUT2D eigenvalue weighted by Gasteiger charge is -2.14. The third-order valence-electron chi connectivity index (χ3n) is 3.60. The summed E-state index contributed by atoms with van der Waals surface area (Å²) < 4.78 is 16.1. The Kier molecular flexibility index (Phi) is 5.33. The zero-order valence-corrected chi connectivity index (χ0v) is 14.5. The number of carbonyl (C=O) groups is 1. The Bertz CT molecular complexity index is 869. The minimum absolute atomic E-state index is 0.0987. The molecule has 2 aromatic heterocycles. The second-order valence-electron chi connectivity index (χ2n) is 5.89. The van der Waals surface area contributed by atoms with Crippen LogP contribution in [0.2, 0.25) is 0 Å². The standard InChI is InChI=1S/C18H19N3O5/c1-12-19-20-17(25-12)10-21(2)9-13-3-5-14(6-4-13)24-11-15-7-8-16(26-15)18(22)23/h3-8H,9-11H2,1-2H3,(H,22,23). The third-order valence-corrected chi connectivity index (χ3v) is 3.60. The number of rotatable bonds is 8. The molecule has 3 rings (SSSR count). The molecule has 3 aromatic rings. The molecule has 0 atom stereocenters. The highest BCUT2D eigenvalue weighted by Crippen LogP contribution is 2.17. The van der Waals surface area contributed by atoms with Crippen molar-refractivity contribution in [3.8, 4) is 5.75 Å². The number of carboxylic acids is 1. The fourth-order valence-electron chi connectivity index (χ4n) is 2.42. The van der Waals surface area contributed by atoms with Gasteiger partial charge >= 0.3 is 5.97 Å². The quantitative estimate of drug-likeness (QED) is 0.656. The van der Waals surface area contributed by atoms with E-state index in [-0.39, 0.29) is 12.4 Å². The molecule has 0 fully saturated rings. The van der Waals surface area contributed by atoms with Gasteiger partial charge in [-0.15, -0.1) is 10.2 Å². The topological polar surface area (TPSA) is 102 Å². The second kappa shape index (κ2) is 7.83. The molecular formula is C18H19N3O5. The Labute approximate surface area is 150 Å². The Hall–Kier alpha value is -3.13. The first kappa shape index (κ1) is 17.7. The molecule has 1 N–H and O–H groups in total. The average molecular weight is 357 g/mol. The van der Waals surface area contributed by atoms with Gasteiger partial charge in [0.2, 0.25) is 17.5 Å². The number of aromatic carboxylic acids is 1. The van der Waals surface area contributed by atoms with Crippen LogP contribution in [0.25, 0.3) is 0 Å². The first-order chi connectivity index (χ1) is 12.5. The fraction of sp³-hybridized carbons (Fsp3) is 0.278. The zero-order valence-electron chi connectivity index (χ0n) is 14.5. The summed E-state index contributed by atoms with van der Waals surface area (Å²) in [6.45, 7) is 3.23. The van der Waals surface area contributed by atoms with Crippen molar-refractivity contribution in [2.75, 3.05) is 7.05 Å². The smallest absolute Gasteiger partial charge is 0.371 e. The normalized spacial score (nSPS) is 11.0. The summed E-state index contributed by atoms with van der Waals surface area (Å²) >= 11 is 0. The highest BCUT2D eigenvalue weighted by Gasteiger charge is 2.10. The Balaban J connectivity index is 1.50. The summed E-state index contributed by atoms with van der Waals surface area (Å²) in [5.74, 6) is 1.09. The van der Waals surface area contributed by atoms with E-state index in [1.807, 2.05) is 31.3 Å². The number of nitrogens with zero attached hydrogens (tertiary/aromatic N) is 3. The largest absolute Gasteiger partial charge is 0.486 e. The van der Waals surface area contributed by atoms with Crippen molar-refractivity contribution in [1.29, 1.82) is 0 Å². The number of carboxylic acid groups (broad SMARTS) is 1. The summed E-state index contributed by atoms with van der Waals surface area (Å²) in [5, 5.41) is 16.6. The summed E-state index contributed by atoms with van der Waals surface area (Å²) in [6.07, 6.45) is 0. The lowest BCUT2D eigenvalue weighted by atomic mass is 10.2. The van der Waals surface area contributed by atoms with Crippen molar-refractivity contribution in [2.24, 2.45) is 0 Å². The van der Waals surface area contributed by atoms with Crippen molar-refractivity contribution in [2.45, 2.75) is 26.6 Å². The van der Waals surface area contributed by atoms with Gasteiger partial charge in [0.15, 0.2) is 0 Å². The number of aromatic nitrogens is 2. The Morgan fingerprint density at radius 2 is 1.88 bits per heavy atom. The number of ether oxygens (including phenoxy) is 1. The van der Waals surface area contributed by atoms with Crippen LogP contribution in [0.3, 0.4) is 0 Å². The van der Waals surface area contributed by atoms with E-state index in [0.29, 0.717) is 29.8 Å². The first-order valence-corrected chi connectivity index (χ1v) is 8.01. The molecule has 8 nitrogen and oxygen atoms in total. The first-order valence-electron chi connectivity index (χ1n) is 8.01. The highest BCUT2D eigenvalue weighted by atomic mass is 16.5. The molecule has 8 heteroatoms. The van der Waals surface area contributed by atoms with Gasteiger partial charge in [-0.2, -0.15) is 0 Å².